The van der Waals surface area contributed by atoms with Gasteiger partial charge in [0, 0.05) is 4.47 Å². The first-order valence-electron chi connectivity index (χ1n) is 8.53. The van der Waals surface area contributed by atoms with Crippen LogP contribution in [0.25, 0.3) is 0 Å². The Kier molecular flexibility index (Phi) is 7.80. The van der Waals surface area contributed by atoms with E-state index in [2.05, 4.69) is 21.2 Å². The highest BCUT2D eigenvalue weighted by Gasteiger charge is 2.15. The lowest BCUT2D eigenvalue weighted by Crippen LogP contribution is -2.21. The van der Waals surface area contributed by atoms with Crippen molar-refractivity contribution in [1.82, 2.24) is 0 Å². The van der Waals surface area contributed by atoms with Gasteiger partial charge in [0.25, 0.3) is 5.91 Å². The molecule has 28 heavy (non-hydrogen) atoms. The first kappa shape index (κ1) is 21.7. The Balaban J connectivity index is 1.95. The van der Waals surface area contributed by atoms with Gasteiger partial charge >= 0.3 is 5.97 Å². The zero-order valence-corrected chi connectivity index (χ0v) is 17.3. The van der Waals surface area contributed by atoms with Crippen LogP contribution in [0.2, 0.25) is 0 Å². The van der Waals surface area contributed by atoms with Crippen molar-refractivity contribution >= 4 is 33.5 Å². The van der Waals surface area contributed by atoms with Crippen LogP contribution in [0.4, 0.5) is 10.1 Å². The van der Waals surface area contributed by atoms with Gasteiger partial charge in [0.05, 0.1) is 25.0 Å². The number of hydrogen-bond donors (Lipinski definition) is 1. The molecule has 0 saturated heterocycles. The minimum atomic E-state index is -0.708. The third-order valence-electron chi connectivity index (χ3n) is 3.51. The zero-order valence-electron chi connectivity index (χ0n) is 15.8. The first-order chi connectivity index (χ1) is 13.3. The smallest absolute Gasteiger partial charge is 0.338 e. The van der Waals surface area contributed by atoms with Gasteiger partial charge in [-0.2, -0.15) is 0 Å². The van der Waals surface area contributed by atoms with Crippen molar-refractivity contribution in [1.29, 1.82) is 0 Å². The van der Waals surface area contributed by atoms with Gasteiger partial charge in [-0.3, -0.25) is 4.79 Å². The van der Waals surface area contributed by atoms with Crippen LogP contribution in [-0.2, 0) is 9.53 Å². The number of methoxy groups -OCH3 is 1. The summed E-state index contributed by atoms with van der Waals surface area (Å²) in [5.74, 6) is -0.731. The molecule has 0 atom stereocenters. The van der Waals surface area contributed by atoms with Crippen LogP contribution in [0.1, 0.15) is 24.2 Å². The molecule has 1 amide bonds. The highest BCUT2D eigenvalue weighted by atomic mass is 79.9. The minimum absolute atomic E-state index is 0.00225. The fraction of sp³-hybridized carbons (Fsp3) is 0.300. The molecule has 0 aliphatic carbocycles. The molecule has 0 aliphatic heterocycles. The lowest BCUT2D eigenvalue weighted by Gasteiger charge is -2.13. The number of ether oxygens (including phenoxy) is 3. The molecular weight excluding hydrogens is 433 g/mol. The Morgan fingerprint density at radius 3 is 2.54 bits per heavy atom. The molecule has 0 heterocycles. The average molecular weight is 454 g/mol. The van der Waals surface area contributed by atoms with Crippen molar-refractivity contribution < 1.29 is 28.2 Å². The maximum absolute atomic E-state index is 13.7. The molecule has 0 aromatic heterocycles. The van der Waals surface area contributed by atoms with E-state index >= 15 is 0 Å². The molecule has 0 fully saturated rings. The third-order valence-corrected chi connectivity index (χ3v) is 4.00. The van der Waals surface area contributed by atoms with E-state index in [0.29, 0.717) is 28.5 Å². The van der Waals surface area contributed by atoms with Crippen molar-refractivity contribution in [3.8, 4) is 11.5 Å². The Morgan fingerprint density at radius 1 is 1.14 bits per heavy atom. The van der Waals surface area contributed by atoms with E-state index in [1.807, 2.05) is 13.8 Å². The van der Waals surface area contributed by atoms with Gasteiger partial charge in [0.1, 0.15) is 5.82 Å². The molecule has 2 rings (SSSR count). The van der Waals surface area contributed by atoms with E-state index in [1.165, 1.54) is 31.4 Å². The number of hydrogen-bond acceptors (Lipinski definition) is 5. The van der Waals surface area contributed by atoms with E-state index in [9.17, 15) is 14.0 Å². The largest absolute Gasteiger partial charge is 0.493 e. The predicted octanol–water partition coefficient (Wildman–Crippen LogP) is 4.43. The van der Waals surface area contributed by atoms with E-state index < -0.39 is 24.3 Å². The van der Waals surface area contributed by atoms with Crippen molar-refractivity contribution in [2.24, 2.45) is 5.92 Å². The molecule has 0 aliphatic rings. The van der Waals surface area contributed by atoms with Gasteiger partial charge in [-0.1, -0.05) is 29.8 Å². The van der Waals surface area contributed by atoms with Gasteiger partial charge in [-0.05, 0) is 42.3 Å². The number of halogens is 2. The van der Waals surface area contributed by atoms with Gasteiger partial charge in [-0.25, -0.2) is 9.18 Å². The highest BCUT2D eigenvalue weighted by Crippen LogP contribution is 2.28. The van der Waals surface area contributed by atoms with E-state index in [-0.39, 0.29) is 11.3 Å². The number of carbonyl (C=O) groups excluding carboxylic acids is 2. The number of esters is 1. The SMILES string of the molecule is COc1cc(C(=O)OCC(=O)Nc2ccc(Br)cc2F)ccc1OCC(C)C. The lowest BCUT2D eigenvalue weighted by atomic mass is 10.2. The van der Waals surface area contributed by atoms with Gasteiger partial charge in [-0.15, -0.1) is 0 Å². The quantitative estimate of drug-likeness (QED) is 0.598. The molecule has 6 nitrogen and oxygen atoms in total. The van der Waals surface area contributed by atoms with Crippen LogP contribution in [0.15, 0.2) is 40.9 Å². The van der Waals surface area contributed by atoms with Crippen molar-refractivity contribution in [2.75, 3.05) is 25.6 Å². The number of anilines is 1. The summed E-state index contributed by atoms with van der Waals surface area (Å²) in [6.45, 7) is 3.99. The van der Waals surface area contributed by atoms with E-state index in [1.54, 1.807) is 12.1 Å². The Bertz CT molecular complexity index is 856. The summed E-state index contributed by atoms with van der Waals surface area (Å²) < 4.78 is 30.1. The summed E-state index contributed by atoms with van der Waals surface area (Å²) in [5.41, 5.74) is 0.203. The van der Waals surface area contributed by atoms with Gasteiger partial charge in [0.2, 0.25) is 0 Å². The number of amides is 1. The molecule has 0 unspecified atom stereocenters. The standard InChI is InChI=1S/C20H21BrFNO5/c1-12(2)10-27-17-7-4-13(8-18(17)26-3)20(25)28-11-19(24)23-16-6-5-14(21)9-15(16)22/h4-9,12H,10-11H2,1-3H3,(H,23,24). The number of carbonyl (C=O) groups is 2. The monoisotopic (exact) mass is 453 g/mol. The Morgan fingerprint density at radius 2 is 1.89 bits per heavy atom. The predicted molar refractivity (Wildman–Crippen MR) is 106 cm³/mol. The molecule has 0 spiro atoms. The van der Waals surface area contributed by atoms with Crippen LogP contribution in [-0.4, -0.2) is 32.2 Å². The maximum Gasteiger partial charge on any atom is 0.338 e. The summed E-state index contributed by atoms with van der Waals surface area (Å²) in [5, 5.41) is 2.35. The van der Waals surface area contributed by atoms with E-state index in [0.717, 1.165) is 0 Å². The molecule has 8 heteroatoms. The normalized spacial score (nSPS) is 10.5. The number of benzene rings is 2. The molecule has 0 radical (unpaired) electrons. The van der Waals surface area contributed by atoms with Crippen LogP contribution < -0.4 is 14.8 Å². The second kappa shape index (κ2) is 10.1. The summed E-state index contributed by atoms with van der Waals surface area (Å²) in [7, 11) is 1.47. The number of rotatable bonds is 8. The van der Waals surface area contributed by atoms with Crippen molar-refractivity contribution in [3.63, 3.8) is 0 Å². The maximum atomic E-state index is 13.7. The number of nitrogens with one attached hydrogen (secondary N) is 1. The minimum Gasteiger partial charge on any atom is -0.493 e. The van der Waals surface area contributed by atoms with Crippen LogP contribution in [0.5, 0.6) is 11.5 Å². The second-order valence-electron chi connectivity index (χ2n) is 6.32. The summed E-state index contributed by atoms with van der Waals surface area (Å²) in [4.78, 5) is 24.1. The Hall–Kier alpha value is -2.61. The summed E-state index contributed by atoms with van der Waals surface area (Å²) in [6, 6.07) is 8.81. The average Bonchev–Trinajstić information content (AvgIpc) is 2.66. The molecule has 150 valence electrons. The highest BCUT2D eigenvalue weighted by molar-refractivity contribution is 9.10. The fourth-order valence-corrected chi connectivity index (χ4v) is 2.49. The topological polar surface area (TPSA) is 73.9 Å². The Labute approximate surface area is 171 Å². The van der Waals surface area contributed by atoms with Crippen molar-refractivity contribution in [2.45, 2.75) is 13.8 Å². The molecule has 1 N–H and O–H groups in total. The van der Waals surface area contributed by atoms with Gasteiger partial charge < -0.3 is 19.5 Å². The molecule has 0 saturated carbocycles. The van der Waals surface area contributed by atoms with Crippen molar-refractivity contribution in [3.05, 3.63) is 52.3 Å². The lowest BCUT2D eigenvalue weighted by molar-refractivity contribution is -0.119. The first-order valence-corrected chi connectivity index (χ1v) is 9.32. The van der Waals surface area contributed by atoms with Crippen LogP contribution in [0.3, 0.4) is 0 Å². The molecule has 2 aromatic rings. The van der Waals surface area contributed by atoms with Gasteiger partial charge in [0.15, 0.2) is 18.1 Å². The van der Waals surface area contributed by atoms with Crippen LogP contribution in [0, 0.1) is 11.7 Å². The third kappa shape index (κ3) is 6.23. The molecular formula is C20H21BrFNO5. The van der Waals surface area contributed by atoms with E-state index in [4.69, 9.17) is 14.2 Å². The van der Waals surface area contributed by atoms with Crippen LogP contribution >= 0.6 is 15.9 Å². The molecule has 2 aromatic carbocycles. The fourth-order valence-electron chi connectivity index (χ4n) is 2.16. The second-order valence-corrected chi connectivity index (χ2v) is 7.23. The summed E-state index contributed by atoms with van der Waals surface area (Å²) >= 11 is 3.13. The summed E-state index contributed by atoms with van der Waals surface area (Å²) in [6.07, 6.45) is 0. The zero-order chi connectivity index (χ0) is 20.7. The molecule has 0 bridgehead atoms.